The zero-order chi connectivity index (χ0) is 14.1. The molecule has 0 fully saturated rings. The molecule has 19 heavy (non-hydrogen) atoms. The van der Waals surface area contributed by atoms with Crippen LogP contribution in [-0.4, -0.2) is 30.1 Å². The predicted molar refractivity (Wildman–Crippen MR) is 82.3 cm³/mol. The lowest BCUT2D eigenvalue weighted by atomic mass is 9.75. The highest BCUT2D eigenvalue weighted by atomic mass is 15.1. The summed E-state index contributed by atoms with van der Waals surface area (Å²) in [5, 5.41) is 0. The van der Waals surface area contributed by atoms with Crippen molar-refractivity contribution in [3.63, 3.8) is 0 Å². The maximum atomic E-state index is 6.33. The summed E-state index contributed by atoms with van der Waals surface area (Å²) in [5.41, 5.74) is 9.35. The van der Waals surface area contributed by atoms with Gasteiger partial charge in [-0.15, -0.1) is 0 Å². The molecule has 1 aliphatic rings. The second-order valence-corrected chi connectivity index (χ2v) is 7.15. The molecular formula is C17H28N2. The van der Waals surface area contributed by atoms with E-state index < -0.39 is 0 Å². The van der Waals surface area contributed by atoms with Crippen molar-refractivity contribution in [1.82, 2.24) is 4.90 Å². The minimum absolute atomic E-state index is 0.128. The number of nitrogens with zero attached hydrogens (tertiary/aromatic N) is 1. The molecule has 1 aromatic rings. The van der Waals surface area contributed by atoms with Crippen molar-refractivity contribution in [3.8, 4) is 0 Å². The standard InChI is InChI=1S/C17H28N2/c1-16(2,17(3,4)18)13-19-11-9-14-7-5-6-8-15(14)10-12-19/h5-8H,9-13,18H2,1-4H3. The number of nitrogens with two attached hydrogens (primary N) is 1. The van der Waals surface area contributed by atoms with E-state index in [1.165, 1.54) is 11.1 Å². The van der Waals surface area contributed by atoms with Crippen LogP contribution < -0.4 is 5.73 Å². The van der Waals surface area contributed by atoms with Crippen molar-refractivity contribution in [2.75, 3.05) is 19.6 Å². The van der Waals surface area contributed by atoms with Gasteiger partial charge >= 0.3 is 0 Å². The van der Waals surface area contributed by atoms with Crippen molar-refractivity contribution in [3.05, 3.63) is 35.4 Å². The quantitative estimate of drug-likeness (QED) is 0.905. The van der Waals surface area contributed by atoms with Gasteiger partial charge in [0.05, 0.1) is 0 Å². The van der Waals surface area contributed by atoms with Gasteiger partial charge in [0, 0.05) is 25.2 Å². The van der Waals surface area contributed by atoms with E-state index in [4.69, 9.17) is 5.73 Å². The average molecular weight is 260 g/mol. The SMILES string of the molecule is CC(C)(N)C(C)(C)CN1CCc2ccccc2CC1. The molecule has 2 heteroatoms. The Hall–Kier alpha value is -0.860. The Balaban J connectivity index is 2.03. The molecule has 0 bridgehead atoms. The summed E-state index contributed by atoms with van der Waals surface area (Å²) in [6.07, 6.45) is 2.33. The minimum Gasteiger partial charge on any atom is -0.325 e. The first-order chi connectivity index (χ1) is 8.79. The van der Waals surface area contributed by atoms with Gasteiger partial charge in [0.25, 0.3) is 0 Å². The number of rotatable bonds is 3. The molecule has 0 unspecified atom stereocenters. The van der Waals surface area contributed by atoms with E-state index >= 15 is 0 Å². The van der Waals surface area contributed by atoms with Crippen LogP contribution in [0.15, 0.2) is 24.3 Å². The Bertz CT molecular complexity index is 402. The van der Waals surface area contributed by atoms with Crippen LogP contribution in [-0.2, 0) is 12.8 Å². The minimum atomic E-state index is -0.147. The zero-order valence-corrected chi connectivity index (χ0v) is 12.9. The van der Waals surface area contributed by atoms with Crippen molar-refractivity contribution < 1.29 is 0 Å². The number of benzene rings is 1. The summed E-state index contributed by atoms with van der Waals surface area (Å²) in [6.45, 7) is 12.2. The molecule has 1 heterocycles. The molecule has 2 N–H and O–H groups in total. The summed E-state index contributed by atoms with van der Waals surface area (Å²) in [6, 6.07) is 8.86. The zero-order valence-electron chi connectivity index (χ0n) is 12.9. The molecule has 0 atom stereocenters. The third-order valence-corrected chi connectivity index (χ3v) is 4.88. The Kier molecular flexibility index (Phi) is 4.03. The maximum absolute atomic E-state index is 6.33. The van der Waals surface area contributed by atoms with E-state index in [1.54, 1.807) is 0 Å². The van der Waals surface area contributed by atoms with Gasteiger partial charge in [0.1, 0.15) is 0 Å². The highest BCUT2D eigenvalue weighted by Gasteiger charge is 2.35. The van der Waals surface area contributed by atoms with E-state index in [0.29, 0.717) is 0 Å². The first-order valence-electron chi connectivity index (χ1n) is 7.38. The molecule has 2 rings (SSSR count). The smallest absolute Gasteiger partial charge is 0.0161 e. The fraction of sp³-hybridized carbons (Fsp3) is 0.647. The average Bonchev–Trinajstić information content (AvgIpc) is 2.50. The molecule has 2 nitrogen and oxygen atoms in total. The summed E-state index contributed by atoms with van der Waals surface area (Å²) >= 11 is 0. The Morgan fingerprint density at radius 2 is 1.47 bits per heavy atom. The summed E-state index contributed by atoms with van der Waals surface area (Å²) < 4.78 is 0. The van der Waals surface area contributed by atoms with Crippen molar-refractivity contribution in [2.24, 2.45) is 11.1 Å². The van der Waals surface area contributed by atoms with Crippen LogP contribution in [0, 0.1) is 5.41 Å². The lowest BCUT2D eigenvalue weighted by molar-refractivity contribution is 0.116. The third-order valence-electron chi connectivity index (χ3n) is 4.88. The van der Waals surface area contributed by atoms with Crippen molar-refractivity contribution >= 4 is 0 Å². The van der Waals surface area contributed by atoms with Gasteiger partial charge in [-0.3, -0.25) is 0 Å². The number of hydrogen-bond donors (Lipinski definition) is 1. The number of hydrogen-bond acceptors (Lipinski definition) is 2. The van der Waals surface area contributed by atoms with Gasteiger partial charge < -0.3 is 10.6 Å². The van der Waals surface area contributed by atoms with E-state index in [9.17, 15) is 0 Å². The van der Waals surface area contributed by atoms with Crippen molar-refractivity contribution in [1.29, 1.82) is 0 Å². The Morgan fingerprint density at radius 3 is 1.89 bits per heavy atom. The largest absolute Gasteiger partial charge is 0.325 e. The monoisotopic (exact) mass is 260 g/mol. The fourth-order valence-corrected chi connectivity index (χ4v) is 2.64. The maximum Gasteiger partial charge on any atom is 0.0161 e. The molecule has 0 radical (unpaired) electrons. The molecule has 0 amide bonds. The molecule has 0 aliphatic carbocycles. The second kappa shape index (κ2) is 5.26. The van der Waals surface area contributed by atoms with Crippen LogP contribution in [0.1, 0.15) is 38.8 Å². The highest BCUT2D eigenvalue weighted by Crippen LogP contribution is 2.30. The molecule has 106 valence electrons. The van der Waals surface area contributed by atoms with Gasteiger partial charge in [-0.2, -0.15) is 0 Å². The molecule has 0 aromatic heterocycles. The predicted octanol–water partition coefficient (Wildman–Crippen LogP) is 2.85. The van der Waals surface area contributed by atoms with Crippen LogP contribution in [0.5, 0.6) is 0 Å². The Labute approximate surface area is 118 Å². The van der Waals surface area contributed by atoms with Gasteiger partial charge in [-0.1, -0.05) is 38.1 Å². The van der Waals surface area contributed by atoms with E-state index in [1.807, 2.05) is 0 Å². The third kappa shape index (κ3) is 3.37. The van der Waals surface area contributed by atoms with Crippen LogP contribution >= 0.6 is 0 Å². The molecule has 0 saturated carbocycles. The van der Waals surface area contributed by atoms with Crippen LogP contribution in [0.25, 0.3) is 0 Å². The van der Waals surface area contributed by atoms with Gasteiger partial charge in [-0.05, 0) is 43.2 Å². The van der Waals surface area contributed by atoms with Gasteiger partial charge in [-0.25, -0.2) is 0 Å². The lowest BCUT2D eigenvalue weighted by Crippen LogP contribution is -2.53. The molecule has 1 aliphatic heterocycles. The van der Waals surface area contributed by atoms with E-state index in [0.717, 1.165) is 32.5 Å². The van der Waals surface area contributed by atoms with E-state index in [-0.39, 0.29) is 11.0 Å². The fourth-order valence-electron chi connectivity index (χ4n) is 2.64. The summed E-state index contributed by atoms with van der Waals surface area (Å²) in [4.78, 5) is 2.58. The molecule has 0 spiro atoms. The van der Waals surface area contributed by atoms with Gasteiger partial charge in [0.15, 0.2) is 0 Å². The molecule has 0 saturated heterocycles. The normalized spacial score (nSPS) is 17.9. The molecule has 1 aromatic carbocycles. The topological polar surface area (TPSA) is 29.3 Å². The summed E-state index contributed by atoms with van der Waals surface area (Å²) in [5.74, 6) is 0. The number of fused-ring (bicyclic) bond motifs is 1. The second-order valence-electron chi connectivity index (χ2n) is 7.15. The Morgan fingerprint density at radius 1 is 1.00 bits per heavy atom. The lowest BCUT2D eigenvalue weighted by Gasteiger charge is -2.42. The van der Waals surface area contributed by atoms with E-state index in [2.05, 4.69) is 56.9 Å². The van der Waals surface area contributed by atoms with Crippen LogP contribution in [0.3, 0.4) is 0 Å². The first-order valence-corrected chi connectivity index (χ1v) is 7.38. The van der Waals surface area contributed by atoms with Gasteiger partial charge in [0.2, 0.25) is 0 Å². The van der Waals surface area contributed by atoms with Crippen LogP contribution in [0.2, 0.25) is 0 Å². The summed E-state index contributed by atoms with van der Waals surface area (Å²) in [7, 11) is 0. The first kappa shape index (κ1) is 14.5. The van der Waals surface area contributed by atoms with Crippen molar-refractivity contribution in [2.45, 2.75) is 46.1 Å². The highest BCUT2D eigenvalue weighted by molar-refractivity contribution is 5.28. The van der Waals surface area contributed by atoms with Crippen LogP contribution in [0.4, 0.5) is 0 Å². The molecular weight excluding hydrogens is 232 g/mol.